The lowest BCUT2D eigenvalue weighted by molar-refractivity contribution is -0.139. The number of rotatable bonds is 11. The highest BCUT2D eigenvalue weighted by Crippen LogP contribution is 2.15. The zero-order valence-electron chi connectivity index (χ0n) is 17.0. The number of nitrogens with zero attached hydrogens (tertiary/aromatic N) is 2. The first-order valence-electron chi connectivity index (χ1n) is 9.88. The minimum absolute atomic E-state index is 0.00144. The van der Waals surface area contributed by atoms with Gasteiger partial charge >= 0.3 is 5.97 Å². The molecule has 1 unspecified atom stereocenters. The van der Waals surface area contributed by atoms with E-state index in [4.69, 9.17) is 19.8 Å². The van der Waals surface area contributed by atoms with Crippen molar-refractivity contribution < 1.29 is 29.0 Å². The number of carbonyl (C=O) groups excluding carboxylic acids is 2. The summed E-state index contributed by atoms with van der Waals surface area (Å²) in [5, 5.41) is 19.9. The molecule has 9 nitrogen and oxygen atoms in total. The largest absolute Gasteiger partial charge is 0.482 e. The van der Waals surface area contributed by atoms with Crippen LogP contribution in [0.25, 0.3) is 0 Å². The monoisotopic (exact) mass is 417 g/mol. The summed E-state index contributed by atoms with van der Waals surface area (Å²) < 4.78 is 10.7. The minimum Gasteiger partial charge on any atom is -0.482 e. The number of piperidine rings is 1. The summed E-state index contributed by atoms with van der Waals surface area (Å²) in [4.78, 5) is 37.3. The van der Waals surface area contributed by atoms with Crippen molar-refractivity contribution in [2.45, 2.75) is 38.3 Å². The van der Waals surface area contributed by atoms with Crippen molar-refractivity contribution in [2.24, 2.45) is 0 Å². The summed E-state index contributed by atoms with van der Waals surface area (Å²) >= 11 is 0. The zero-order valence-corrected chi connectivity index (χ0v) is 17.0. The van der Waals surface area contributed by atoms with E-state index in [1.54, 1.807) is 6.92 Å². The molecule has 1 aliphatic heterocycles. The summed E-state index contributed by atoms with van der Waals surface area (Å²) in [7, 11) is 0. The lowest BCUT2D eigenvalue weighted by atomic mass is 10.1. The molecule has 1 aliphatic rings. The van der Waals surface area contributed by atoms with Crippen LogP contribution in [0.5, 0.6) is 5.75 Å². The maximum atomic E-state index is 12.5. The maximum absolute atomic E-state index is 12.5. The number of benzene rings is 1. The standard InChI is InChI=1S/C21H27N3O6/c1-15(21(28)16-3-5-17(6-4-16)30-14-20(26)27)23-19(25)13-29-18-7-11-24(12-8-18)10-2-9-22/h3-6,15,18H,2,7-8,10-14H2,1H3,(H,23,25)(H,26,27). The van der Waals surface area contributed by atoms with E-state index in [9.17, 15) is 14.4 Å². The van der Waals surface area contributed by atoms with Crippen LogP contribution in [-0.4, -0.2) is 72.7 Å². The quantitative estimate of drug-likeness (QED) is 0.515. The van der Waals surface area contributed by atoms with Crippen LogP contribution < -0.4 is 10.1 Å². The summed E-state index contributed by atoms with van der Waals surface area (Å²) in [5.74, 6) is -1.36. The van der Waals surface area contributed by atoms with Crippen molar-refractivity contribution in [1.29, 1.82) is 5.26 Å². The molecule has 1 atom stereocenters. The lowest BCUT2D eigenvalue weighted by Crippen LogP contribution is -2.42. The zero-order chi connectivity index (χ0) is 21.9. The molecule has 1 aromatic rings. The number of carboxylic acid groups (broad SMARTS) is 1. The van der Waals surface area contributed by atoms with Gasteiger partial charge in [-0.15, -0.1) is 0 Å². The summed E-state index contributed by atoms with van der Waals surface area (Å²) in [5.41, 5.74) is 0.385. The molecule has 0 saturated carbocycles. The Hall–Kier alpha value is -2.96. The number of carbonyl (C=O) groups is 3. The van der Waals surface area contributed by atoms with Crippen molar-refractivity contribution in [3.8, 4) is 11.8 Å². The highest BCUT2D eigenvalue weighted by molar-refractivity contribution is 6.01. The fraction of sp³-hybridized carbons (Fsp3) is 0.524. The second kappa shape index (κ2) is 11.9. The Morgan fingerprint density at radius 1 is 1.23 bits per heavy atom. The Kier molecular flexibility index (Phi) is 9.25. The number of hydrogen-bond acceptors (Lipinski definition) is 7. The van der Waals surface area contributed by atoms with Crippen molar-refractivity contribution in [3.63, 3.8) is 0 Å². The van der Waals surface area contributed by atoms with Crippen LogP contribution in [0.2, 0.25) is 0 Å². The van der Waals surface area contributed by atoms with Crippen LogP contribution in [0.1, 0.15) is 36.5 Å². The minimum atomic E-state index is -1.08. The van der Waals surface area contributed by atoms with Gasteiger partial charge in [0.25, 0.3) is 0 Å². The van der Waals surface area contributed by atoms with Crippen LogP contribution >= 0.6 is 0 Å². The molecule has 30 heavy (non-hydrogen) atoms. The molecule has 1 aromatic carbocycles. The van der Waals surface area contributed by atoms with Gasteiger partial charge in [0.15, 0.2) is 12.4 Å². The molecule has 0 bridgehead atoms. The Bertz CT molecular complexity index is 766. The van der Waals surface area contributed by atoms with Gasteiger partial charge in [-0.1, -0.05) is 0 Å². The second-order valence-corrected chi connectivity index (χ2v) is 7.12. The molecular weight excluding hydrogens is 390 g/mol. The van der Waals surface area contributed by atoms with E-state index in [2.05, 4.69) is 16.3 Å². The first-order valence-corrected chi connectivity index (χ1v) is 9.88. The fourth-order valence-corrected chi connectivity index (χ4v) is 3.16. The number of ketones is 1. The third kappa shape index (κ3) is 7.81. The SMILES string of the molecule is CC(NC(=O)COC1CCN(CCC#N)CC1)C(=O)c1ccc(OCC(=O)O)cc1. The van der Waals surface area contributed by atoms with Gasteiger partial charge in [0.2, 0.25) is 5.91 Å². The predicted octanol–water partition coefficient (Wildman–Crippen LogP) is 1.23. The molecule has 2 rings (SSSR count). The summed E-state index contributed by atoms with van der Waals surface area (Å²) in [6.45, 7) is 3.48. The first-order chi connectivity index (χ1) is 14.4. The molecule has 1 fully saturated rings. The molecule has 9 heteroatoms. The maximum Gasteiger partial charge on any atom is 0.341 e. The van der Waals surface area contributed by atoms with Gasteiger partial charge in [-0.2, -0.15) is 5.26 Å². The number of nitriles is 1. The molecule has 0 aliphatic carbocycles. The number of ether oxygens (including phenoxy) is 2. The van der Waals surface area contributed by atoms with E-state index in [0.717, 1.165) is 32.5 Å². The van der Waals surface area contributed by atoms with Crippen LogP contribution in [0.4, 0.5) is 0 Å². The number of carboxylic acids is 1. The van der Waals surface area contributed by atoms with Gasteiger partial charge in [0.1, 0.15) is 12.4 Å². The third-order valence-corrected chi connectivity index (χ3v) is 4.80. The molecule has 1 amide bonds. The fourth-order valence-electron chi connectivity index (χ4n) is 3.16. The Morgan fingerprint density at radius 3 is 2.50 bits per heavy atom. The highest BCUT2D eigenvalue weighted by Gasteiger charge is 2.22. The van der Waals surface area contributed by atoms with Gasteiger partial charge in [-0.05, 0) is 44.0 Å². The molecule has 162 valence electrons. The van der Waals surface area contributed by atoms with Crippen molar-refractivity contribution in [2.75, 3.05) is 32.8 Å². The van der Waals surface area contributed by atoms with E-state index in [0.29, 0.717) is 17.7 Å². The summed E-state index contributed by atoms with van der Waals surface area (Å²) in [6.07, 6.45) is 2.13. The smallest absolute Gasteiger partial charge is 0.341 e. The number of nitrogens with one attached hydrogen (secondary N) is 1. The second-order valence-electron chi connectivity index (χ2n) is 7.12. The average Bonchev–Trinajstić information content (AvgIpc) is 2.75. The Morgan fingerprint density at radius 2 is 1.90 bits per heavy atom. The number of aliphatic carboxylic acids is 1. The van der Waals surface area contributed by atoms with Crippen LogP contribution in [0, 0.1) is 11.3 Å². The molecule has 0 spiro atoms. The molecule has 1 saturated heterocycles. The average molecular weight is 417 g/mol. The highest BCUT2D eigenvalue weighted by atomic mass is 16.5. The summed E-state index contributed by atoms with van der Waals surface area (Å²) in [6, 6.07) is 7.49. The van der Waals surface area contributed by atoms with Crippen LogP contribution in [0.3, 0.4) is 0 Å². The van der Waals surface area contributed by atoms with Gasteiger partial charge in [-0.25, -0.2) is 4.79 Å². The van der Waals surface area contributed by atoms with E-state index in [1.165, 1.54) is 24.3 Å². The normalized spacial score (nSPS) is 15.7. The predicted molar refractivity (Wildman–Crippen MR) is 107 cm³/mol. The number of amides is 1. The van der Waals surface area contributed by atoms with Gasteiger partial charge < -0.3 is 24.8 Å². The number of hydrogen-bond donors (Lipinski definition) is 2. The van der Waals surface area contributed by atoms with Crippen LogP contribution in [-0.2, 0) is 14.3 Å². The van der Waals surface area contributed by atoms with Crippen LogP contribution in [0.15, 0.2) is 24.3 Å². The van der Waals surface area contributed by atoms with E-state index in [1.807, 2.05) is 0 Å². The lowest BCUT2D eigenvalue weighted by Gasteiger charge is -2.31. The molecule has 1 heterocycles. The van der Waals surface area contributed by atoms with Crippen molar-refractivity contribution in [1.82, 2.24) is 10.2 Å². The van der Waals surface area contributed by atoms with Crippen molar-refractivity contribution >= 4 is 17.7 Å². The first kappa shape index (κ1) is 23.3. The molecule has 0 aromatic heterocycles. The topological polar surface area (TPSA) is 129 Å². The molecule has 0 radical (unpaired) electrons. The molecular formula is C21H27N3O6. The molecule has 2 N–H and O–H groups in total. The van der Waals surface area contributed by atoms with Gasteiger partial charge in [0.05, 0.1) is 18.2 Å². The number of Topliss-reactive ketones (excluding diaryl/α,β-unsaturated/α-hetero) is 1. The number of likely N-dealkylation sites (tertiary alicyclic amines) is 1. The van der Waals surface area contributed by atoms with Crippen molar-refractivity contribution in [3.05, 3.63) is 29.8 Å². The van der Waals surface area contributed by atoms with E-state index >= 15 is 0 Å². The van der Waals surface area contributed by atoms with E-state index in [-0.39, 0.29) is 24.4 Å². The van der Waals surface area contributed by atoms with Gasteiger partial charge in [0, 0.05) is 31.6 Å². The Balaban J connectivity index is 1.71. The van der Waals surface area contributed by atoms with Gasteiger partial charge in [-0.3, -0.25) is 9.59 Å². The Labute approximate surface area is 175 Å². The third-order valence-electron chi connectivity index (χ3n) is 4.80. The van der Waals surface area contributed by atoms with E-state index < -0.39 is 18.6 Å².